The number of amides is 1. The summed E-state index contributed by atoms with van der Waals surface area (Å²) < 4.78 is 1.72. The molecule has 36 heavy (non-hydrogen) atoms. The fourth-order valence-electron chi connectivity index (χ4n) is 5.59. The molecule has 3 aromatic rings. The first-order valence-electron chi connectivity index (χ1n) is 13.5. The molecule has 1 saturated heterocycles. The lowest BCUT2D eigenvalue weighted by Crippen LogP contribution is -2.47. The summed E-state index contributed by atoms with van der Waals surface area (Å²) in [5, 5.41) is 3.34. The van der Waals surface area contributed by atoms with Gasteiger partial charge in [0.1, 0.15) is 5.52 Å². The molecule has 7 heteroatoms. The highest BCUT2D eigenvalue weighted by Gasteiger charge is 2.30. The number of nitrogens with zero attached hydrogens (tertiary/aromatic N) is 4. The van der Waals surface area contributed by atoms with E-state index in [4.69, 9.17) is 4.98 Å². The Bertz CT molecular complexity index is 1240. The number of pyridine rings is 1. The molecular formula is C29H37N5O2. The maximum absolute atomic E-state index is 13.7. The van der Waals surface area contributed by atoms with E-state index in [-0.39, 0.29) is 23.4 Å². The van der Waals surface area contributed by atoms with Crippen LogP contribution in [0.2, 0.25) is 0 Å². The lowest BCUT2D eigenvalue weighted by molar-refractivity contribution is -0.126. The Morgan fingerprint density at radius 2 is 1.75 bits per heavy atom. The van der Waals surface area contributed by atoms with Gasteiger partial charge in [0.2, 0.25) is 5.91 Å². The third-order valence-corrected chi connectivity index (χ3v) is 7.69. The number of nitrogens with one attached hydrogen (secondary N) is 1. The smallest absolute Gasteiger partial charge is 0.295 e. The average molecular weight is 488 g/mol. The monoisotopic (exact) mass is 487 g/mol. The zero-order valence-corrected chi connectivity index (χ0v) is 21.3. The summed E-state index contributed by atoms with van der Waals surface area (Å²) in [6, 6.07) is 12.2. The van der Waals surface area contributed by atoms with Crippen molar-refractivity contribution in [3.8, 4) is 0 Å². The van der Waals surface area contributed by atoms with Crippen molar-refractivity contribution < 1.29 is 4.79 Å². The van der Waals surface area contributed by atoms with E-state index in [0.29, 0.717) is 30.1 Å². The van der Waals surface area contributed by atoms with Gasteiger partial charge in [-0.1, -0.05) is 61.9 Å². The maximum atomic E-state index is 13.7. The second kappa shape index (κ2) is 11.2. The predicted molar refractivity (Wildman–Crippen MR) is 143 cm³/mol. The molecule has 1 aliphatic heterocycles. The number of aryl methyl sites for hydroxylation is 1. The lowest BCUT2D eigenvalue weighted by atomic mass is 9.94. The summed E-state index contributed by atoms with van der Waals surface area (Å²) in [5.74, 6) is 0.430. The van der Waals surface area contributed by atoms with Gasteiger partial charge in [0, 0.05) is 25.3 Å². The zero-order valence-electron chi connectivity index (χ0n) is 21.3. The van der Waals surface area contributed by atoms with E-state index in [1.54, 1.807) is 10.8 Å². The van der Waals surface area contributed by atoms with E-state index in [1.165, 1.54) is 37.7 Å². The van der Waals surface area contributed by atoms with Gasteiger partial charge in [0.25, 0.3) is 5.56 Å². The molecule has 1 atom stereocenters. The first-order valence-corrected chi connectivity index (χ1v) is 13.5. The van der Waals surface area contributed by atoms with Crippen molar-refractivity contribution in [1.29, 1.82) is 0 Å². The van der Waals surface area contributed by atoms with Crippen LogP contribution >= 0.6 is 0 Å². The molecule has 1 saturated carbocycles. The molecule has 1 aliphatic carbocycles. The van der Waals surface area contributed by atoms with Crippen molar-refractivity contribution >= 4 is 22.9 Å². The topological polar surface area (TPSA) is 80.1 Å². The fourth-order valence-corrected chi connectivity index (χ4v) is 5.59. The Hall–Kier alpha value is -3.22. The van der Waals surface area contributed by atoms with Gasteiger partial charge in [0.05, 0.1) is 12.5 Å². The molecule has 3 heterocycles. The van der Waals surface area contributed by atoms with Gasteiger partial charge in [-0.25, -0.2) is 9.97 Å². The minimum absolute atomic E-state index is 0.125. The highest BCUT2D eigenvalue weighted by atomic mass is 16.2. The highest BCUT2D eigenvalue weighted by Crippen LogP contribution is 2.23. The number of rotatable bonds is 5. The van der Waals surface area contributed by atoms with Crippen molar-refractivity contribution in [1.82, 2.24) is 19.9 Å². The molecule has 5 rings (SSSR count). The largest absolute Gasteiger partial charge is 0.353 e. The number of carbonyl (C=O) groups excluding carboxylic acids is 1. The van der Waals surface area contributed by atoms with Crippen LogP contribution in [0.4, 0.5) is 5.82 Å². The fraction of sp³-hybridized carbons (Fsp3) is 0.517. The van der Waals surface area contributed by atoms with Crippen LogP contribution in [-0.2, 0) is 11.3 Å². The van der Waals surface area contributed by atoms with Crippen LogP contribution in [0, 0.1) is 12.8 Å². The molecule has 2 aliphatic rings. The Morgan fingerprint density at radius 1 is 1.00 bits per heavy atom. The summed E-state index contributed by atoms with van der Waals surface area (Å²) in [7, 11) is 0. The second-order valence-electron chi connectivity index (χ2n) is 10.5. The SMILES string of the molecule is Cc1ccc(Cn2c(=O)c(N3CCC[C@@H](C(=O)NC4CCCCCCC4)C3)nc3cccnc32)cc1. The number of benzene rings is 1. The summed E-state index contributed by atoms with van der Waals surface area (Å²) in [6.07, 6.45) is 11.8. The van der Waals surface area contributed by atoms with Crippen LogP contribution in [0.1, 0.15) is 68.9 Å². The number of anilines is 1. The molecule has 0 spiro atoms. The molecule has 0 radical (unpaired) electrons. The molecular weight excluding hydrogens is 450 g/mol. The van der Waals surface area contributed by atoms with Crippen molar-refractivity contribution in [3.05, 3.63) is 64.1 Å². The number of hydrogen-bond acceptors (Lipinski definition) is 5. The van der Waals surface area contributed by atoms with Crippen molar-refractivity contribution in [2.24, 2.45) is 5.92 Å². The van der Waals surface area contributed by atoms with Crippen LogP contribution in [0.15, 0.2) is 47.4 Å². The van der Waals surface area contributed by atoms with Gasteiger partial charge in [-0.2, -0.15) is 0 Å². The minimum atomic E-state index is -0.150. The number of carbonyl (C=O) groups is 1. The first kappa shape index (κ1) is 24.5. The molecule has 1 aromatic carbocycles. The lowest BCUT2D eigenvalue weighted by Gasteiger charge is -2.33. The molecule has 1 amide bonds. The van der Waals surface area contributed by atoms with Gasteiger partial charge in [-0.15, -0.1) is 0 Å². The summed E-state index contributed by atoms with van der Waals surface area (Å²) in [4.78, 5) is 38.2. The van der Waals surface area contributed by atoms with Crippen LogP contribution in [0.5, 0.6) is 0 Å². The van der Waals surface area contributed by atoms with Crippen molar-refractivity contribution in [3.63, 3.8) is 0 Å². The van der Waals surface area contributed by atoms with E-state index in [9.17, 15) is 9.59 Å². The molecule has 0 unspecified atom stereocenters. The molecule has 2 aromatic heterocycles. The maximum Gasteiger partial charge on any atom is 0.295 e. The van der Waals surface area contributed by atoms with Gasteiger partial charge >= 0.3 is 0 Å². The average Bonchev–Trinajstić information content (AvgIpc) is 2.88. The van der Waals surface area contributed by atoms with E-state index in [0.717, 1.165) is 37.8 Å². The quantitative estimate of drug-likeness (QED) is 0.569. The summed E-state index contributed by atoms with van der Waals surface area (Å²) >= 11 is 0. The molecule has 2 fully saturated rings. The van der Waals surface area contributed by atoms with Gasteiger partial charge in [0.15, 0.2) is 11.5 Å². The van der Waals surface area contributed by atoms with Crippen LogP contribution in [0.25, 0.3) is 11.2 Å². The first-order chi connectivity index (χ1) is 17.6. The van der Waals surface area contributed by atoms with Crippen LogP contribution in [-0.4, -0.2) is 39.6 Å². The Morgan fingerprint density at radius 3 is 2.53 bits per heavy atom. The number of piperidine rings is 1. The Balaban J connectivity index is 1.38. The third kappa shape index (κ3) is 5.61. The number of aromatic nitrogens is 3. The van der Waals surface area contributed by atoms with E-state index in [1.807, 2.05) is 29.2 Å². The summed E-state index contributed by atoms with van der Waals surface area (Å²) in [6.45, 7) is 3.74. The number of fused-ring (bicyclic) bond motifs is 1. The van der Waals surface area contributed by atoms with Crippen molar-refractivity contribution in [2.45, 2.75) is 77.3 Å². The Labute approximate surface area is 212 Å². The standard InChI is InChI=1S/C29H37N5O2/c1-21-13-15-22(16-14-21)19-34-26-25(12-7-17-30-26)32-27(29(34)36)33-18-8-9-23(20-33)28(35)31-24-10-5-3-2-4-6-11-24/h7,12-17,23-24H,2-6,8-11,18-20H2,1H3,(H,31,35)/t23-/m1/s1. The molecule has 190 valence electrons. The van der Waals surface area contributed by atoms with E-state index < -0.39 is 0 Å². The highest BCUT2D eigenvalue weighted by molar-refractivity contribution is 5.80. The predicted octanol–water partition coefficient (Wildman–Crippen LogP) is 4.59. The van der Waals surface area contributed by atoms with Gasteiger partial charge in [-0.3, -0.25) is 14.2 Å². The molecule has 0 bridgehead atoms. The Kier molecular flexibility index (Phi) is 7.63. The van der Waals surface area contributed by atoms with Crippen molar-refractivity contribution in [2.75, 3.05) is 18.0 Å². The van der Waals surface area contributed by atoms with E-state index >= 15 is 0 Å². The third-order valence-electron chi connectivity index (χ3n) is 7.69. The molecule has 7 nitrogen and oxygen atoms in total. The normalized spacial score (nSPS) is 19.6. The molecule has 1 N–H and O–H groups in total. The van der Waals surface area contributed by atoms with Crippen LogP contribution < -0.4 is 15.8 Å². The van der Waals surface area contributed by atoms with Crippen LogP contribution in [0.3, 0.4) is 0 Å². The number of hydrogen-bond donors (Lipinski definition) is 1. The summed E-state index contributed by atoms with van der Waals surface area (Å²) in [5.41, 5.74) is 3.36. The zero-order chi connectivity index (χ0) is 24.9. The minimum Gasteiger partial charge on any atom is -0.353 e. The van der Waals surface area contributed by atoms with Gasteiger partial charge in [-0.05, 0) is 50.3 Å². The van der Waals surface area contributed by atoms with E-state index in [2.05, 4.69) is 29.4 Å². The van der Waals surface area contributed by atoms with Gasteiger partial charge < -0.3 is 10.2 Å². The second-order valence-corrected chi connectivity index (χ2v) is 10.5.